The molecular formula is C24H28N6O4. The molecule has 1 amide bonds. The molecule has 0 saturated heterocycles. The van der Waals surface area contributed by atoms with Gasteiger partial charge in [-0.05, 0) is 58.2 Å². The van der Waals surface area contributed by atoms with Crippen LogP contribution < -0.4 is 10.6 Å². The highest BCUT2D eigenvalue weighted by Crippen LogP contribution is 2.35. The number of aryl methyl sites for hydroxylation is 2. The van der Waals surface area contributed by atoms with Crippen molar-refractivity contribution in [3.8, 4) is 11.4 Å². The fourth-order valence-electron chi connectivity index (χ4n) is 3.81. The van der Waals surface area contributed by atoms with Crippen molar-refractivity contribution in [1.82, 2.24) is 19.7 Å². The summed E-state index contributed by atoms with van der Waals surface area (Å²) in [6, 6.07) is 7.22. The number of ether oxygens (including phenoxy) is 2. The van der Waals surface area contributed by atoms with Crippen molar-refractivity contribution in [2.24, 2.45) is 7.05 Å². The number of aromatic nitrogens is 4. The first-order chi connectivity index (χ1) is 16.2. The van der Waals surface area contributed by atoms with Crippen LogP contribution in [0, 0.1) is 0 Å². The quantitative estimate of drug-likeness (QED) is 0.538. The molecule has 10 heteroatoms. The first kappa shape index (κ1) is 23.2. The van der Waals surface area contributed by atoms with Gasteiger partial charge >= 0.3 is 12.1 Å². The summed E-state index contributed by atoms with van der Waals surface area (Å²) in [7, 11) is 1.78. The number of hydrogen-bond acceptors (Lipinski definition) is 8. The second kappa shape index (κ2) is 9.12. The lowest BCUT2D eigenvalue weighted by Crippen LogP contribution is -2.27. The minimum atomic E-state index is -0.614. The standard InChI is InChI=1S/C24H28N6O4/c1-6-33-21(31)19-15-12-11-14-13-25-22(28-18(14)20(15)30(5)29-19)26-16-9-7-8-10-17(16)27-23(32)34-24(2,3)4/h7-10,13H,6,11-12H2,1-5H3,(H,27,32)(H,25,26,28). The molecule has 0 fully saturated rings. The molecule has 1 aromatic carbocycles. The summed E-state index contributed by atoms with van der Waals surface area (Å²) in [6.07, 6.45) is 2.56. The number of nitrogens with zero attached hydrogens (tertiary/aromatic N) is 4. The molecule has 2 N–H and O–H groups in total. The van der Waals surface area contributed by atoms with Crippen LogP contribution in [0.4, 0.5) is 22.1 Å². The number of carbonyl (C=O) groups excluding carboxylic acids is 2. The Labute approximate surface area is 197 Å². The van der Waals surface area contributed by atoms with E-state index in [0.29, 0.717) is 41.6 Å². The van der Waals surface area contributed by atoms with Gasteiger partial charge in [0.25, 0.3) is 0 Å². The predicted octanol–water partition coefficient (Wildman–Crippen LogP) is 4.24. The number of fused-ring (bicyclic) bond motifs is 3. The van der Waals surface area contributed by atoms with Crippen LogP contribution in [0.2, 0.25) is 0 Å². The molecule has 3 aromatic rings. The van der Waals surface area contributed by atoms with Crippen LogP contribution in [0.25, 0.3) is 11.4 Å². The fraction of sp³-hybridized carbons (Fsp3) is 0.375. The van der Waals surface area contributed by atoms with Gasteiger partial charge in [0.2, 0.25) is 5.95 Å². The van der Waals surface area contributed by atoms with Gasteiger partial charge in [-0.25, -0.2) is 19.6 Å². The summed E-state index contributed by atoms with van der Waals surface area (Å²) < 4.78 is 12.2. The van der Waals surface area contributed by atoms with Crippen molar-refractivity contribution in [2.45, 2.75) is 46.1 Å². The molecule has 0 unspecified atom stereocenters. The van der Waals surface area contributed by atoms with Crippen LogP contribution in [0.5, 0.6) is 0 Å². The Balaban J connectivity index is 1.63. The van der Waals surface area contributed by atoms with Crippen LogP contribution in [-0.2, 0) is 29.4 Å². The molecule has 34 heavy (non-hydrogen) atoms. The van der Waals surface area contributed by atoms with Crippen LogP contribution >= 0.6 is 0 Å². The molecule has 0 radical (unpaired) electrons. The third-order valence-electron chi connectivity index (χ3n) is 5.16. The maximum atomic E-state index is 12.4. The van der Waals surface area contributed by atoms with Gasteiger partial charge in [-0.3, -0.25) is 10.00 Å². The molecule has 2 heterocycles. The fourth-order valence-corrected chi connectivity index (χ4v) is 3.81. The van der Waals surface area contributed by atoms with E-state index < -0.39 is 17.7 Å². The van der Waals surface area contributed by atoms with Gasteiger partial charge in [0.1, 0.15) is 5.60 Å². The maximum absolute atomic E-state index is 12.4. The van der Waals surface area contributed by atoms with Gasteiger partial charge < -0.3 is 14.8 Å². The second-order valence-electron chi connectivity index (χ2n) is 8.88. The van der Waals surface area contributed by atoms with Crippen LogP contribution in [0.1, 0.15) is 49.3 Å². The SMILES string of the molecule is CCOC(=O)c1nn(C)c2c1CCc1cnc(Nc3ccccc3NC(=O)OC(C)(C)C)nc1-2. The molecule has 0 bridgehead atoms. The molecule has 1 aliphatic carbocycles. The van der Waals surface area contributed by atoms with Gasteiger partial charge in [-0.1, -0.05) is 12.1 Å². The number of anilines is 3. The first-order valence-electron chi connectivity index (χ1n) is 11.1. The highest BCUT2D eigenvalue weighted by Gasteiger charge is 2.29. The Bertz CT molecular complexity index is 1240. The molecular weight excluding hydrogens is 436 g/mol. The molecule has 4 rings (SSSR count). The summed E-state index contributed by atoms with van der Waals surface area (Å²) in [5.41, 5.74) is 4.13. The summed E-state index contributed by atoms with van der Waals surface area (Å²) in [5.74, 6) is -0.0822. The monoisotopic (exact) mass is 464 g/mol. The van der Waals surface area contributed by atoms with E-state index >= 15 is 0 Å². The van der Waals surface area contributed by atoms with E-state index in [1.807, 2.05) is 18.2 Å². The molecule has 0 spiro atoms. The van der Waals surface area contributed by atoms with E-state index in [2.05, 4.69) is 20.7 Å². The molecule has 10 nitrogen and oxygen atoms in total. The van der Waals surface area contributed by atoms with Crippen molar-refractivity contribution in [2.75, 3.05) is 17.2 Å². The first-order valence-corrected chi connectivity index (χ1v) is 11.1. The summed E-state index contributed by atoms with van der Waals surface area (Å²) in [6.45, 7) is 7.46. The summed E-state index contributed by atoms with van der Waals surface area (Å²) in [5, 5.41) is 10.3. The Hall–Kier alpha value is -3.95. The highest BCUT2D eigenvalue weighted by atomic mass is 16.6. The van der Waals surface area contributed by atoms with Gasteiger partial charge in [0.05, 0.1) is 29.4 Å². The van der Waals surface area contributed by atoms with E-state index in [1.54, 1.807) is 51.7 Å². The number of hydrogen-bond donors (Lipinski definition) is 2. The number of carbonyl (C=O) groups is 2. The Morgan fingerprint density at radius 1 is 1.15 bits per heavy atom. The van der Waals surface area contributed by atoms with Crippen molar-refractivity contribution in [3.63, 3.8) is 0 Å². The van der Waals surface area contributed by atoms with Gasteiger partial charge in [0, 0.05) is 18.8 Å². The number of nitrogens with one attached hydrogen (secondary N) is 2. The zero-order valence-electron chi connectivity index (χ0n) is 19.9. The van der Waals surface area contributed by atoms with Crippen molar-refractivity contribution in [3.05, 3.63) is 47.3 Å². The van der Waals surface area contributed by atoms with E-state index in [9.17, 15) is 9.59 Å². The molecule has 178 valence electrons. The second-order valence-corrected chi connectivity index (χ2v) is 8.88. The minimum Gasteiger partial charge on any atom is -0.461 e. The zero-order valence-corrected chi connectivity index (χ0v) is 19.9. The summed E-state index contributed by atoms with van der Waals surface area (Å²) in [4.78, 5) is 33.8. The van der Waals surface area contributed by atoms with E-state index in [1.165, 1.54) is 0 Å². The van der Waals surface area contributed by atoms with Crippen molar-refractivity contribution >= 4 is 29.4 Å². The van der Waals surface area contributed by atoms with Gasteiger partial charge in [-0.2, -0.15) is 5.10 Å². The number of esters is 1. The molecule has 0 aliphatic heterocycles. The number of benzene rings is 1. The summed E-state index contributed by atoms with van der Waals surface area (Å²) >= 11 is 0. The average Bonchev–Trinajstić information content (AvgIpc) is 3.11. The Morgan fingerprint density at radius 3 is 2.59 bits per heavy atom. The minimum absolute atomic E-state index is 0.285. The Morgan fingerprint density at radius 2 is 1.88 bits per heavy atom. The molecule has 2 aromatic heterocycles. The smallest absolute Gasteiger partial charge is 0.412 e. The Kier molecular flexibility index (Phi) is 6.23. The van der Waals surface area contributed by atoms with Crippen LogP contribution in [-0.4, -0.2) is 44.0 Å². The topological polar surface area (TPSA) is 120 Å². The lowest BCUT2D eigenvalue weighted by atomic mass is 9.93. The molecule has 0 atom stereocenters. The third kappa shape index (κ3) is 4.85. The lowest BCUT2D eigenvalue weighted by Gasteiger charge is -2.21. The van der Waals surface area contributed by atoms with Gasteiger partial charge in [0.15, 0.2) is 5.69 Å². The van der Waals surface area contributed by atoms with E-state index in [4.69, 9.17) is 14.5 Å². The normalized spacial score (nSPS) is 12.4. The predicted molar refractivity (Wildman–Crippen MR) is 127 cm³/mol. The number of para-hydroxylation sites is 2. The van der Waals surface area contributed by atoms with Crippen molar-refractivity contribution in [1.29, 1.82) is 0 Å². The average molecular weight is 465 g/mol. The number of rotatable bonds is 5. The third-order valence-corrected chi connectivity index (χ3v) is 5.16. The largest absolute Gasteiger partial charge is 0.461 e. The zero-order chi connectivity index (χ0) is 24.5. The van der Waals surface area contributed by atoms with Crippen LogP contribution in [0.3, 0.4) is 0 Å². The van der Waals surface area contributed by atoms with Crippen LogP contribution in [0.15, 0.2) is 30.5 Å². The van der Waals surface area contributed by atoms with Gasteiger partial charge in [-0.15, -0.1) is 0 Å². The lowest BCUT2D eigenvalue weighted by molar-refractivity contribution is 0.0516. The highest BCUT2D eigenvalue weighted by molar-refractivity contribution is 5.92. The van der Waals surface area contributed by atoms with E-state index in [0.717, 1.165) is 16.8 Å². The molecule has 1 aliphatic rings. The molecule has 0 saturated carbocycles. The van der Waals surface area contributed by atoms with E-state index in [-0.39, 0.29) is 6.61 Å². The number of amides is 1. The maximum Gasteiger partial charge on any atom is 0.412 e. The van der Waals surface area contributed by atoms with Crippen molar-refractivity contribution < 1.29 is 19.1 Å².